The summed E-state index contributed by atoms with van der Waals surface area (Å²) < 4.78 is 5.21. The fourth-order valence-corrected chi connectivity index (χ4v) is 2.44. The zero-order valence-electron chi connectivity index (χ0n) is 12.4. The van der Waals surface area contributed by atoms with Gasteiger partial charge >= 0.3 is 0 Å². The van der Waals surface area contributed by atoms with Gasteiger partial charge in [-0.2, -0.15) is 0 Å². The molecule has 0 aliphatic rings. The molecular formula is C17H20ClNO2. The van der Waals surface area contributed by atoms with E-state index in [2.05, 4.69) is 12.2 Å². The Balaban J connectivity index is 2.13. The minimum atomic E-state index is -0.00854. The number of ether oxygens (including phenoxy) is 1. The Bertz CT molecular complexity index is 598. The molecule has 0 aromatic heterocycles. The van der Waals surface area contributed by atoms with Gasteiger partial charge in [0.1, 0.15) is 11.5 Å². The maximum Gasteiger partial charge on any atom is 0.120 e. The second-order valence-electron chi connectivity index (χ2n) is 5.09. The number of nitrogens with one attached hydrogen (secondary N) is 1. The molecule has 2 aromatic rings. The molecule has 3 nitrogen and oxygen atoms in total. The average molecular weight is 306 g/mol. The molecule has 2 aromatic carbocycles. The molecule has 2 N–H and O–H groups in total. The van der Waals surface area contributed by atoms with Crippen molar-refractivity contribution in [2.24, 2.45) is 0 Å². The number of phenolic OH excluding ortho intramolecular Hbond substituents is 1. The monoisotopic (exact) mass is 305 g/mol. The van der Waals surface area contributed by atoms with Crippen LogP contribution in [0.15, 0.2) is 42.5 Å². The number of hydrogen-bond acceptors (Lipinski definition) is 3. The van der Waals surface area contributed by atoms with Gasteiger partial charge in [0, 0.05) is 22.7 Å². The Labute approximate surface area is 130 Å². The van der Waals surface area contributed by atoms with Crippen molar-refractivity contribution in [3.8, 4) is 11.5 Å². The summed E-state index contributed by atoms with van der Waals surface area (Å²) >= 11 is 5.90. The van der Waals surface area contributed by atoms with E-state index in [4.69, 9.17) is 16.3 Å². The van der Waals surface area contributed by atoms with E-state index in [9.17, 15) is 5.11 Å². The molecule has 0 radical (unpaired) electrons. The zero-order valence-corrected chi connectivity index (χ0v) is 13.2. The molecule has 0 saturated carbocycles. The third kappa shape index (κ3) is 3.90. The van der Waals surface area contributed by atoms with E-state index in [0.29, 0.717) is 0 Å². The lowest BCUT2D eigenvalue weighted by Crippen LogP contribution is -2.22. The van der Waals surface area contributed by atoms with E-state index in [1.165, 1.54) is 0 Å². The van der Waals surface area contributed by atoms with Crippen molar-refractivity contribution in [1.29, 1.82) is 0 Å². The van der Waals surface area contributed by atoms with E-state index in [1.807, 2.05) is 37.3 Å². The van der Waals surface area contributed by atoms with Gasteiger partial charge in [0.05, 0.1) is 7.11 Å². The third-order valence-corrected chi connectivity index (χ3v) is 3.82. The Morgan fingerprint density at radius 2 is 1.71 bits per heavy atom. The lowest BCUT2D eigenvalue weighted by Gasteiger charge is -2.22. The summed E-state index contributed by atoms with van der Waals surface area (Å²) in [6.07, 6.45) is 0. The number of benzene rings is 2. The van der Waals surface area contributed by atoms with Crippen molar-refractivity contribution in [2.75, 3.05) is 7.11 Å². The summed E-state index contributed by atoms with van der Waals surface area (Å²) in [5.74, 6) is 0.995. The van der Waals surface area contributed by atoms with Gasteiger partial charge in [0.2, 0.25) is 0 Å². The van der Waals surface area contributed by atoms with Gasteiger partial charge in [0.25, 0.3) is 0 Å². The van der Waals surface area contributed by atoms with Crippen LogP contribution in [-0.2, 0) is 0 Å². The second kappa shape index (κ2) is 6.83. The number of halogens is 1. The van der Waals surface area contributed by atoms with Crippen LogP contribution >= 0.6 is 11.6 Å². The van der Waals surface area contributed by atoms with Crippen molar-refractivity contribution < 1.29 is 9.84 Å². The summed E-state index contributed by atoms with van der Waals surface area (Å²) in [7, 11) is 1.62. The highest BCUT2D eigenvalue weighted by Gasteiger charge is 2.15. The molecular weight excluding hydrogens is 286 g/mol. The maximum absolute atomic E-state index is 10.0. The first-order chi connectivity index (χ1) is 10.0. The molecule has 2 rings (SSSR count). The summed E-state index contributed by atoms with van der Waals surface area (Å²) in [5, 5.41) is 14.2. The number of aromatic hydroxyl groups is 1. The average Bonchev–Trinajstić information content (AvgIpc) is 2.48. The van der Waals surface area contributed by atoms with Crippen LogP contribution in [-0.4, -0.2) is 12.2 Å². The van der Waals surface area contributed by atoms with Gasteiger partial charge in [0.15, 0.2) is 0 Å². The van der Waals surface area contributed by atoms with Gasteiger partial charge < -0.3 is 15.2 Å². The minimum Gasteiger partial charge on any atom is -0.508 e. The minimum absolute atomic E-state index is 0.00854. The highest BCUT2D eigenvalue weighted by atomic mass is 35.5. The summed E-state index contributed by atoms with van der Waals surface area (Å²) in [6.45, 7) is 4.10. The molecule has 0 aliphatic heterocycles. The van der Waals surface area contributed by atoms with Gasteiger partial charge in [-0.05, 0) is 49.7 Å². The van der Waals surface area contributed by atoms with E-state index >= 15 is 0 Å². The first-order valence-electron chi connectivity index (χ1n) is 6.89. The first kappa shape index (κ1) is 15.7. The quantitative estimate of drug-likeness (QED) is 0.856. The Morgan fingerprint density at radius 3 is 2.33 bits per heavy atom. The van der Waals surface area contributed by atoms with Crippen LogP contribution in [0.2, 0.25) is 5.02 Å². The Morgan fingerprint density at radius 1 is 1.05 bits per heavy atom. The lowest BCUT2D eigenvalue weighted by molar-refractivity contribution is 0.405. The molecule has 0 amide bonds. The molecule has 1 unspecified atom stereocenters. The Hall–Kier alpha value is -1.71. The number of rotatable bonds is 5. The smallest absolute Gasteiger partial charge is 0.120 e. The number of methoxy groups -OCH3 is 1. The van der Waals surface area contributed by atoms with E-state index in [0.717, 1.165) is 21.9 Å². The van der Waals surface area contributed by atoms with Crippen molar-refractivity contribution >= 4 is 11.6 Å². The predicted octanol–water partition coefficient (Wildman–Crippen LogP) is 4.47. The molecule has 21 heavy (non-hydrogen) atoms. The first-order valence-corrected chi connectivity index (χ1v) is 7.27. The fraction of sp³-hybridized carbons (Fsp3) is 0.294. The van der Waals surface area contributed by atoms with Crippen LogP contribution in [0.3, 0.4) is 0 Å². The molecule has 0 fully saturated rings. The van der Waals surface area contributed by atoms with Crippen molar-refractivity contribution in [1.82, 2.24) is 5.32 Å². The molecule has 112 valence electrons. The molecule has 0 heterocycles. The van der Waals surface area contributed by atoms with Crippen molar-refractivity contribution in [3.05, 3.63) is 58.6 Å². The Kier molecular flexibility index (Phi) is 5.10. The van der Waals surface area contributed by atoms with Crippen LogP contribution in [0.1, 0.15) is 37.1 Å². The molecule has 0 saturated heterocycles. The summed E-state index contributed by atoms with van der Waals surface area (Å²) in [4.78, 5) is 0. The van der Waals surface area contributed by atoms with Gasteiger partial charge in [-0.15, -0.1) is 0 Å². The topological polar surface area (TPSA) is 41.5 Å². The standard InChI is InChI=1S/C17H20ClNO2/c1-11(13-4-6-14(18)7-5-13)19-12(2)16-10-15(21-3)8-9-17(16)20/h4-12,19-20H,1-3H3/t11-,12?/m1/s1. The molecule has 0 aliphatic carbocycles. The SMILES string of the molecule is COc1ccc(O)c(C(C)N[C@H](C)c2ccc(Cl)cc2)c1. The highest BCUT2D eigenvalue weighted by Crippen LogP contribution is 2.30. The van der Waals surface area contributed by atoms with Crippen LogP contribution in [0, 0.1) is 0 Å². The molecule has 0 bridgehead atoms. The highest BCUT2D eigenvalue weighted by molar-refractivity contribution is 6.30. The number of phenols is 1. The van der Waals surface area contributed by atoms with Crippen LogP contribution in [0.5, 0.6) is 11.5 Å². The van der Waals surface area contributed by atoms with Crippen LogP contribution in [0.25, 0.3) is 0 Å². The van der Waals surface area contributed by atoms with E-state index < -0.39 is 0 Å². The molecule has 2 atom stereocenters. The third-order valence-electron chi connectivity index (χ3n) is 3.57. The lowest BCUT2D eigenvalue weighted by atomic mass is 10.0. The van der Waals surface area contributed by atoms with Crippen LogP contribution < -0.4 is 10.1 Å². The molecule has 0 spiro atoms. The maximum atomic E-state index is 10.0. The summed E-state index contributed by atoms with van der Waals surface area (Å²) in [5.41, 5.74) is 1.96. The normalized spacial score (nSPS) is 13.7. The van der Waals surface area contributed by atoms with Crippen LogP contribution in [0.4, 0.5) is 0 Å². The summed E-state index contributed by atoms with van der Waals surface area (Å²) in [6, 6.07) is 13.1. The predicted molar refractivity (Wildman–Crippen MR) is 86.1 cm³/mol. The zero-order chi connectivity index (χ0) is 15.4. The molecule has 4 heteroatoms. The van der Waals surface area contributed by atoms with Crippen molar-refractivity contribution in [2.45, 2.75) is 25.9 Å². The number of hydrogen-bond donors (Lipinski definition) is 2. The van der Waals surface area contributed by atoms with Gasteiger partial charge in [-0.3, -0.25) is 0 Å². The second-order valence-corrected chi connectivity index (χ2v) is 5.52. The van der Waals surface area contributed by atoms with E-state index in [1.54, 1.807) is 19.2 Å². The van der Waals surface area contributed by atoms with Crippen molar-refractivity contribution in [3.63, 3.8) is 0 Å². The van der Waals surface area contributed by atoms with Gasteiger partial charge in [-0.1, -0.05) is 23.7 Å². The van der Waals surface area contributed by atoms with E-state index in [-0.39, 0.29) is 17.8 Å². The van der Waals surface area contributed by atoms with Gasteiger partial charge in [-0.25, -0.2) is 0 Å². The largest absolute Gasteiger partial charge is 0.508 e. The fourth-order valence-electron chi connectivity index (χ4n) is 2.32.